The number of benzene rings is 1. The van der Waals surface area contributed by atoms with E-state index >= 15 is 0 Å². The first-order chi connectivity index (χ1) is 9.76. The fourth-order valence-corrected chi connectivity index (χ4v) is 4.71. The first-order valence-corrected chi connectivity index (χ1v) is 7.65. The molecule has 1 aromatic carbocycles. The number of ether oxygens (including phenoxy) is 1. The molecule has 4 atom stereocenters. The molecular formula is C18H20O2. The van der Waals surface area contributed by atoms with Gasteiger partial charge in [-0.1, -0.05) is 12.1 Å². The van der Waals surface area contributed by atoms with Gasteiger partial charge in [-0.05, 0) is 72.8 Å². The normalized spacial score (nSPS) is 36.6. The topological polar surface area (TPSA) is 26.3 Å². The Bertz CT molecular complexity index is 570. The third-order valence-electron chi connectivity index (χ3n) is 5.62. The average Bonchev–Trinajstić information content (AvgIpc) is 3.14. The molecule has 3 aliphatic rings. The number of methoxy groups -OCH3 is 1. The summed E-state index contributed by atoms with van der Waals surface area (Å²) in [7, 11) is 1.67. The maximum atomic E-state index is 12.6. The molecule has 3 saturated carbocycles. The van der Waals surface area contributed by atoms with Gasteiger partial charge in [-0.25, -0.2) is 0 Å². The van der Waals surface area contributed by atoms with Crippen LogP contribution in [0.1, 0.15) is 31.2 Å². The summed E-state index contributed by atoms with van der Waals surface area (Å²) in [6.45, 7) is 0. The van der Waals surface area contributed by atoms with E-state index in [1.165, 1.54) is 19.3 Å². The van der Waals surface area contributed by atoms with Crippen molar-refractivity contribution >= 4 is 11.9 Å². The van der Waals surface area contributed by atoms with Crippen LogP contribution in [0.5, 0.6) is 5.75 Å². The molecule has 0 N–H and O–H groups in total. The summed E-state index contributed by atoms with van der Waals surface area (Å²) >= 11 is 0. The van der Waals surface area contributed by atoms with Crippen molar-refractivity contribution in [3.05, 3.63) is 35.4 Å². The largest absolute Gasteiger partial charge is 0.497 e. The standard InChI is InChI=1S/C18H20O2/c1-20-15-6-2-11(3-7-15)8-14-10-16-12-4-5-13(9-12)17(16)18(14)19/h2-3,6-8,12-13,16-17H,4-5,9-10H2,1H3/b14-8+/t12-,13+,16+,17-/m1/s1. The highest BCUT2D eigenvalue weighted by molar-refractivity contribution is 6.04. The molecule has 0 unspecified atom stereocenters. The van der Waals surface area contributed by atoms with Crippen LogP contribution in [0.3, 0.4) is 0 Å². The van der Waals surface area contributed by atoms with Crippen molar-refractivity contribution in [2.75, 3.05) is 7.11 Å². The molecule has 0 spiro atoms. The summed E-state index contributed by atoms with van der Waals surface area (Å²) in [5.74, 6) is 3.84. The van der Waals surface area contributed by atoms with Gasteiger partial charge < -0.3 is 4.74 Å². The highest BCUT2D eigenvalue weighted by atomic mass is 16.5. The minimum absolute atomic E-state index is 0.359. The number of Topliss-reactive ketones (excluding diaryl/α,β-unsaturated/α-hetero) is 1. The highest BCUT2D eigenvalue weighted by Crippen LogP contribution is 2.58. The molecule has 0 saturated heterocycles. The molecule has 3 fully saturated rings. The minimum atomic E-state index is 0.359. The second-order valence-electron chi connectivity index (χ2n) is 6.53. The lowest BCUT2D eigenvalue weighted by Crippen LogP contribution is -2.21. The molecule has 104 valence electrons. The van der Waals surface area contributed by atoms with E-state index < -0.39 is 0 Å². The first kappa shape index (κ1) is 12.2. The van der Waals surface area contributed by atoms with Crippen LogP contribution in [-0.4, -0.2) is 12.9 Å². The van der Waals surface area contributed by atoms with Crippen LogP contribution in [0.25, 0.3) is 6.08 Å². The van der Waals surface area contributed by atoms with Crippen LogP contribution in [0, 0.1) is 23.7 Å². The second kappa shape index (κ2) is 4.47. The summed E-state index contributed by atoms with van der Waals surface area (Å²) < 4.78 is 5.17. The number of hydrogen-bond donors (Lipinski definition) is 0. The molecule has 4 rings (SSSR count). The number of fused-ring (bicyclic) bond motifs is 5. The fraction of sp³-hybridized carbons (Fsp3) is 0.500. The van der Waals surface area contributed by atoms with Crippen LogP contribution in [0.15, 0.2) is 29.8 Å². The van der Waals surface area contributed by atoms with Crippen LogP contribution in [0.4, 0.5) is 0 Å². The predicted molar refractivity (Wildman–Crippen MR) is 78.4 cm³/mol. The van der Waals surface area contributed by atoms with Gasteiger partial charge >= 0.3 is 0 Å². The molecule has 1 aromatic rings. The first-order valence-electron chi connectivity index (χ1n) is 7.65. The van der Waals surface area contributed by atoms with Gasteiger partial charge in [-0.2, -0.15) is 0 Å². The van der Waals surface area contributed by atoms with E-state index in [9.17, 15) is 4.79 Å². The van der Waals surface area contributed by atoms with Crippen molar-refractivity contribution in [3.8, 4) is 5.75 Å². The Hall–Kier alpha value is -1.57. The van der Waals surface area contributed by atoms with Gasteiger partial charge in [0.1, 0.15) is 5.75 Å². The number of carbonyl (C=O) groups excluding carboxylic acids is 1. The van der Waals surface area contributed by atoms with E-state index in [1.54, 1.807) is 7.11 Å². The molecule has 0 aromatic heterocycles. The summed E-state index contributed by atoms with van der Waals surface area (Å²) in [4.78, 5) is 12.6. The van der Waals surface area contributed by atoms with E-state index in [1.807, 2.05) is 24.3 Å². The van der Waals surface area contributed by atoms with E-state index in [-0.39, 0.29) is 0 Å². The summed E-state index contributed by atoms with van der Waals surface area (Å²) in [5.41, 5.74) is 2.17. The maximum absolute atomic E-state index is 12.6. The summed E-state index contributed by atoms with van der Waals surface area (Å²) in [5, 5.41) is 0. The van der Waals surface area contributed by atoms with Crippen LogP contribution < -0.4 is 4.74 Å². The van der Waals surface area contributed by atoms with Crippen molar-refractivity contribution in [3.63, 3.8) is 0 Å². The molecule has 20 heavy (non-hydrogen) atoms. The van der Waals surface area contributed by atoms with Crippen LogP contribution in [0.2, 0.25) is 0 Å². The van der Waals surface area contributed by atoms with Crippen LogP contribution in [-0.2, 0) is 4.79 Å². The SMILES string of the molecule is COc1ccc(/C=C2\C[C@H]3[C@@H]4CC[C@@H](C4)[C@H]3C2=O)cc1. The van der Waals surface area contributed by atoms with Crippen molar-refractivity contribution in [2.24, 2.45) is 23.7 Å². The van der Waals surface area contributed by atoms with E-state index in [0.29, 0.717) is 23.5 Å². The second-order valence-corrected chi connectivity index (χ2v) is 6.53. The van der Waals surface area contributed by atoms with Gasteiger partial charge in [0.15, 0.2) is 5.78 Å². The molecule has 0 amide bonds. The van der Waals surface area contributed by atoms with Crippen molar-refractivity contribution < 1.29 is 9.53 Å². The Morgan fingerprint density at radius 3 is 2.60 bits per heavy atom. The van der Waals surface area contributed by atoms with Gasteiger partial charge in [0.25, 0.3) is 0 Å². The van der Waals surface area contributed by atoms with Crippen molar-refractivity contribution in [2.45, 2.75) is 25.7 Å². The number of rotatable bonds is 2. The van der Waals surface area contributed by atoms with Gasteiger partial charge in [-0.15, -0.1) is 0 Å². The Morgan fingerprint density at radius 2 is 1.90 bits per heavy atom. The van der Waals surface area contributed by atoms with E-state index in [0.717, 1.165) is 29.2 Å². The average molecular weight is 268 g/mol. The van der Waals surface area contributed by atoms with E-state index in [4.69, 9.17) is 4.74 Å². The molecule has 0 heterocycles. The van der Waals surface area contributed by atoms with Crippen molar-refractivity contribution in [1.82, 2.24) is 0 Å². The number of carbonyl (C=O) groups is 1. The molecule has 3 aliphatic carbocycles. The quantitative estimate of drug-likeness (QED) is 0.764. The Kier molecular flexibility index (Phi) is 2.73. The lowest BCUT2D eigenvalue weighted by Gasteiger charge is -2.22. The third kappa shape index (κ3) is 1.74. The molecule has 2 nitrogen and oxygen atoms in total. The lowest BCUT2D eigenvalue weighted by molar-refractivity contribution is -0.119. The van der Waals surface area contributed by atoms with Gasteiger partial charge in [0.05, 0.1) is 7.11 Å². The number of hydrogen-bond acceptors (Lipinski definition) is 2. The Labute approximate surface area is 119 Å². The maximum Gasteiger partial charge on any atom is 0.162 e. The van der Waals surface area contributed by atoms with Gasteiger partial charge in [0.2, 0.25) is 0 Å². The molecule has 0 aliphatic heterocycles. The summed E-state index contributed by atoms with van der Waals surface area (Å²) in [6.07, 6.45) is 7.06. The zero-order chi connectivity index (χ0) is 13.7. The van der Waals surface area contributed by atoms with E-state index in [2.05, 4.69) is 6.08 Å². The third-order valence-corrected chi connectivity index (χ3v) is 5.62. The zero-order valence-corrected chi connectivity index (χ0v) is 11.8. The van der Waals surface area contributed by atoms with Crippen molar-refractivity contribution in [1.29, 1.82) is 0 Å². The molecular weight excluding hydrogens is 248 g/mol. The molecule has 0 radical (unpaired) electrons. The highest BCUT2D eigenvalue weighted by Gasteiger charge is 2.54. The monoisotopic (exact) mass is 268 g/mol. The Morgan fingerprint density at radius 1 is 1.15 bits per heavy atom. The predicted octanol–water partition coefficient (Wildman–Crippen LogP) is 3.71. The molecule has 2 heteroatoms. The minimum Gasteiger partial charge on any atom is -0.497 e. The molecule has 2 bridgehead atoms. The number of ketones is 1. The summed E-state index contributed by atoms with van der Waals surface area (Å²) in [6, 6.07) is 7.97. The fourth-order valence-electron chi connectivity index (χ4n) is 4.71. The Balaban J connectivity index is 1.60. The van der Waals surface area contributed by atoms with Gasteiger partial charge in [-0.3, -0.25) is 4.79 Å². The smallest absolute Gasteiger partial charge is 0.162 e. The lowest BCUT2D eigenvalue weighted by atomic mass is 9.81. The zero-order valence-electron chi connectivity index (χ0n) is 11.8. The number of allylic oxidation sites excluding steroid dienone is 1. The van der Waals surface area contributed by atoms with Gasteiger partial charge in [0, 0.05) is 5.92 Å². The van der Waals surface area contributed by atoms with Crippen LogP contribution >= 0.6 is 0 Å².